The third-order valence-corrected chi connectivity index (χ3v) is 2.96. The molecule has 1 aromatic rings. The Kier molecular flexibility index (Phi) is 5.76. The predicted octanol–water partition coefficient (Wildman–Crippen LogP) is 2.39. The molecule has 0 aromatic heterocycles. The first-order valence-corrected chi connectivity index (χ1v) is 6.28. The average molecular weight is 288 g/mol. The number of amides is 1. The zero-order valence-electron chi connectivity index (χ0n) is 10.5. The minimum Gasteiger partial charge on any atom is -0.480 e. The molecule has 104 valence electrons. The molecule has 0 aliphatic heterocycles. The fourth-order valence-electron chi connectivity index (χ4n) is 1.65. The largest absolute Gasteiger partial charge is 0.480 e. The zero-order valence-corrected chi connectivity index (χ0v) is 11.2. The zero-order chi connectivity index (χ0) is 14.4. The van der Waals surface area contributed by atoms with E-state index in [1.165, 1.54) is 18.2 Å². The van der Waals surface area contributed by atoms with Crippen LogP contribution in [0.2, 0.25) is 5.02 Å². The van der Waals surface area contributed by atoms with E-state index in [0.29, 0.717) is 12.8 Å². The summed E-state index contributed by atoms with van der Waals surface area (Å²) in [6.45, 7) is 1.82. The molecular weight excluding hydrogens is 273 g/mol. The van der Waals surface area contributed by atoms with Crippen molar-refractivity contribution in [1.82, 2.24) is 5.32 Å². The topological polar surface area (TPSA) is 66.4 Å². The molecule has 0 saturated carbocycles. The lowest BCUT2D eigenvalue weighted by Crippen LogP contribution is -2.41. The van der Waals surface area contributed by atoms with Crippen molar-refractivity contribution in [2.45, 2.75) is 32.2 Å². The number of carboxylic acids is 1. The third-order valence-electron chi connectivity index (χ3n) is 2.61. The van der Waals surface area contributed by atoms with Gasteiger partial charge in [-0.1, -0.05) is 31.0 Å². The monoisotopic (exact) mass is 287 g/mol. The highest BCUT2D eigenvalue weighted by molar-refractivity contribution is 6.31. The molecule has 1 aromatic carbocycles. The predicted molar refractivity (Wildman–Crippen MR) is 69.6 cm³/mol. The van der Waals surface area contributed by atoms with Crippen LogP contribution in [0.4, 0.5) is 4.39 Å². The summed E-state index contributed by atoms with van der Waals surface area (Å²) in [5.41, 5.74) is 0.0716. The van der Waals surface area contributed by atoms with Gasteiger partial charge in [0.25, 0.3) is 0 Å². The van der Waals surface area contributed by atoms with Gasteiger partial charge >= 0.3 is 5.97 Å². The molecule has 0 unspecified atom stereocenters. The van der Waals surface area contributed by atoms with Gasteiger partial charge in [-0.05, 0) is 18.6 Å². The SMILES string of the molecule is CCC[C@@H](NC(=O)Cc1c(F)cccc1Cl)C(=O)O. The number of hydrogen-bond donors (Lipinski definition) is 2. The van der Waals surface area contributed by atoms with Crippen molar-refractivity contribution in [1.29, 1.82) is 0 Å². The molecule has 1 rings (SSSR count). The van der Waals surface area contributed by atoms with E-state index in [2.05, 4.69) is 5.32 Å². The second kappa shape index (κ2) is 7.09. The first-order chi connectivity index (χ1) is 8.95. The van der Waals surface area contributed by atoms with Crippen molar-refractivity contribution in [3.8, 4) is 0 Å². The highest BCUT2D eigenvalue weighted by atomic mass is 35.5. The van der Waals surface area contributed by atoms with Gasteiger partial charge in [0.1, 0.15) is 11.9 Å². The number of aliphatic carboxylic acids is 1. The Hall–Kier alpha value is -1.62. The lowest BCUT2D eigenvalue weighted by Gasteiger charge is -2.14. The van der Waals surface area contributed by atoms with Gasteiger partial charge in [-0.3, -0.25) is 4.79 Å². The summed E-state index contributed by atoms with van der Waals surface area (Å²) in [6.07, 6.45) is 0.669. The fraction of sp³-hybridized carbons (Fsp3) is 0.385. The van der Waals surface area contributed by atoms with E-state index in [-0.39, 0.29) is 17.0 Å². The van der Waals surface area contributed by atoms with E-state index in [9.17, 15) is 14.0 Å². The van der Waals surface area contributed by atoms with E-state index in [1.54, 1.807) is 0 Å². The molecule has 4 nitrogen and oxygen atoms in total. The first kappa shape index (κ1) is 15.4. The quantitative estimate of drug-likeness (QED) is 0.844. The normalized spacial score (nSPS) is 11.9. The maximum Gasteiger partial charge on any atom is 0.326 e. The summed E-state index contributed by atoms with van der Waals surface area (Å²) < 4.78 is 13.5. The molecule has 0 radical (unpaired) electrons. The smallest absolute Gasteiger partial charge is 0.326 e. The summed E-state index contributed by atoms with van der Waals surface area (Å²) >= 11 is 5.80. The standard InChI is InChI=1S/C13H15ClFNO3/c1-2-4-11(13(18)19)16-12(17)7-8-9(14)5-3-6-10(8)15/h3,5-6,11H,2,4,7H2,1H3,(H,16,17)(H,18,19)/t11-/m1/s1. The Morgan fingerprint density at radius 3 is 2.68 bits per heavy atom. The van der Waals surface area contributed by atoms with Gasteiger partial charge in [0.2, 0.25) is 5.91 Å². The van der Waals surface area contributed by atoms with Gasteiger partial charge in [-0.2, -0.15) is 0 Å². The number of nitrogens with one attached hydrogen (secondary N) is 1. The Labute approximate surface area is 115 Å². The maximum atomic E-state index is 13.5. The number of rotatable bonds is 6. The average Bonchev–Trinajstić information content (AvgIpc) is 2.33. The van der Waals surface area contributed by atoms with Crippen LogP contribution < -0.4 is 5.32 Å². The summed E-state index contributed by atoms with van der Waals surface area (Å²) in [7, 11) is 0. The molecule has 0 heterocycles. The molecule has 19 heavy (non-hydrogen) atoms. The molecular formula is C13H15ClFNO3. The number of hydrogen-bond acceptors (Lipinski definition) is 2. The molecule has 0 aliphatic rings. The Balaban J connectivity index is 2.72. The van der Waals surface area contributed by atoms with Crippen molar-refractivity contribution in [3.63, 3.8) is 0 Å². The summed E-state index contributed by atoms with van der Waals surface area (Å²) in [4.78, 5) is 22.6. The molecule has 1 atom stereocenters. The van der Waals surface area contributed by atoms with Crippen LogP contribution >= 0.6 is 11.6 Å². The van der Waals surface area contributed by atoms with Gasteiger partial charge in [-0.25, -0.2) is 9.18 Å². The van der Waals surface area contributed by atoms with Crippen molar-refractivity contribution in [2.75, 3.05) is 0 Å². The Morgan fingerprint density at radius 1 is 1.47 bits per heavy atom. The molecule has 0 saturated heterocycles. The molecule has 0 aliphatic carbocycles. The number of benzene rings is 1. The van der Waals surface area contributed by atoms with Crippen LogP contribution in [0.3, 0.4) is 0 Å². The fourth-order valence-corrected chi connectivity index (χ4v) is 1.88. The Morgan fingerprint density at radius 2 is 2.16 bits per heavy atom. The van der Waals surface area contributed by atoms with E-state index in [1.807, 2.05) is 6.92 Å². The number of carbonyl (C=O) groups is 2. The van der Waals surface area contributed by atoms with E-state index < -0.39 is 23.7 Å². The third kappa shape index (κ3) is 4.52. The molecule has 1 amide bonds. The van der Waals surface area contributed by atoms with Gasteiger partial charge in [-0.15, -0.1) is 0 Å². The molecule has 0 fully saturated rings. The van der Waals surface area contributed by atoms with Crippen LogP contribution in [0.5, 0.6) is 0 Å². The second-order valence-electron chi connectivity index (χ2n) is 4.12. The first-order valence-electron chi connectivity index (χ1n) is 5.90. The van der Waals surface area contributed by atoms with Gasteiger partial charge in [0.05, 0.1) is 6.42 Å². The van der Waals surface area contributed by atoms with E-state index >= 15 is 0 Å². The molecule has 0 bridgehead atoms. The van der Waals surface area contributed by atoms with Crippen molar-refractivity contribution < 1.29 is 19.1 Å². The lowest BCUT2D eigenvalue weighted by molar-refractivity contribution is -0.141. The van der Waals surface area contributed by atoms with Crippen LogP contribution in [0.25, 0.3) is 0 Å². The van der Waals surface area contributed by atoms with Gasteiger partial charge < -0.3 is 10.4 Å². The van der Waals surface area contributed by atoms with E-state index in [4.69, 9.17) is 16.7 Å². The van der Waals surface area contributed by atoms with Crippen LogP contribution in [0, 0.1) is 5.82 Å². The van der Waals surface area contributed by atoms with Crippen LogP contribution in [0.1, 0.15) is 25.3 Å². The Bertz CT molecular complexity index is 459. The highest BCUT2D eigenvalue weighted by Crippen LogP contribution is 2.19. The highest BCUT2D eigenvalue weighted by Gasteiger charge is 2.20. The van der Waals surface area contributed by atoms with Crippen molar-refractivity contribution in [2.24, 2.45) is 0 Å². The minimum absolute atomic E-state index is 0.0716. The van der Waals surface area contributed by atoms with Gasteiger partial charge in [0.15, 0.2) is 0 Å². The van der Waals surface area contributed by atoms with Crippen LogP contribution in [-0.4, -0.2) is 23.0 Å². The summed E-state index contributed by atoms with van der Waals surface area (Å²) in [5, 5.41) is 11.4. The van der Waals surface area contributed by atoms with Crippen LogP contribution in [0.15, 0.2) is 18.2 Å². The molecule has 6 heteroatoms. The van der Waals surface area contributed by atoms with Crippen LogP contribution in [-0.2, 0) is 16.0 Å². The van der Waals surface area contributed by atoms with Crippen molar-refractivity contribution in [3.05, 3.63) is 34.6 Å². The molecule has 2 N–H and O–H groups in total. The van der Waals surface area contributed by atoms with Gasteiger partial charge in [0, 0.05) is 10.6 Å². The summed E-state index contributed by atoms with van der Waals surface area (Å²) in [5.74, 6) is -2.24. The maximum absolute atomic E-state index is 13.5. The number of carbonyl (C=O) groups excluding carboxylic acids is 1. The number of carboxylic acid groups (broad SMARTS) is 1. The number of halogens is 2. The summed E-state index contributed by atoms with van der Waals surface area (Å²) in [6, 6.07) is 3.17. The molecule has 0 spiro atoms. The lowest BCUT2D eigenvalue weighted by atomic mass is 10.1. The second-order valence-corrected chi connectivity index (χ2v) is 4.53. The van der Waals surface area contributed by atoms with E-state index in [0.717, 1.165) is 0 Å². The van der Waals surface area contributed by atoms with Crippen molar-refractivity contribution >= 4 is 23.5 Å². The minimum atomic E-state index is -1.10.